The first-order chi connectivity index (χ1) is 7.36. The van der Waals surface area contributed by atoms with Gasteiger partial charge in [0.25, 0.3) is 0 Å². The van der Waals surface area contributed by atoms with Crippen LogP contribution in [0.2, 0.25) is 0 Å². The van der Waals surface area contributed by atoms with Crippen LogP contribution < -0.4 is 10.6 Å². The summed E-state index contributed by atoms with van der Waals surface area (Å²) in [5.74, 6) is 0.491. The number of carbonyl (C=O) groups is 1. The zero-order valence-corrected chi connectivity index (χ0v) is 8.44. The third kappa shape index (κ3) is 2.73. The number of hydrogen-bond acceptors (Lipinski definition) is 4. The normalized spacial score (nSPS) is 20.9. The molecule has 5 heteroatoms. The van der Waals surface area contributed by atoms with E-state index in [-0.39, 0.29) is 11.9 Å². The van der Waals surface area contributed by atoms with Crippen molar-refractivity contribution in [3.8, 4) is 0 Å². The molecule has 1 aromatic rings. The summed E-state index contributed by atoms with van der Waals surface area (Å²) in [7, 11) is 0. The van der Waals surface area contributed by atoms with Crippen LogP contribution in [-0.4, -0.2) is 28.5 Å². The van der Waals surface area contributed by atoms with Crippen molar-refractivity contribution < 1.29 is 4.79 Å². The van der Waals surface area contributed by atoms with Crippen molar-refractivity contribution >= 4 is 11.7 Å². The molecule has 2 rings (SSSR count). The Balaban J connectivity index is 1.91. The van der Waals surface area contributed by atoms with Crippen LogP contribution in [0.25, 0.3) is 0 Å². The second-order valence-corrected chi connectivity index (χ2v) is 3.58. The molecule has 1 amide bonds. The van der Waals surface area contributed by atoms with Gasteiger partial charge < -0.3 is 10.6 Å². The summed E-state index contributed by atoms with van der Waals surface area (Å²) in [6, 6.07) is -0.0826. The maximum atomic E-state index is 11.7. The number of amides is 1. The van der Waals surface area contributed by atoms with Crippen LogP contribution in [0.15, 0.2) is 18.6 Å². The highest BCUT2D eigenvalue weighted by Gasteiger charge is 2.20. The minimum Gasteiger partial charge on any atom is -0.308 e. The van der Waals surface area contributed by atoms with Crippen LogP contribution in [-0.2, 0) is 4.79 Å². The summed E-state index contributed by atoms with van der Waals surface area (Å²) < 4.78 is 0. The fraction of sp³-hybridized carbons (Fsp3) is 0.500. The Kier molecular flexibility index (Phi) is 3.24. The number of aromatic nitrogens is 2. The summed E-state index contributed by atoms with van der Waals surface area (Å²) in [5, 5.41) is 5.92. The molecule has 2 heterocycles. The summed E-state index contributed by atoms with van der Waals surface area (Å²) >= 11 is 0. The molecule has 1 aliphatic rings. The number of rotatable bonds is 2. The van der Waals surface area contributed by atoms with E-state index in [1.807, 2.05) is 0 Å². The molecule has 1 aliphatic heterocycles. The first-order valence-corrected chi connectivity index (χ1v) is 5.16. The van der Waals surface area contributed by atoms with Gasteiger partial charge in [0.05, 0.1) is 12.2 Å². The van der Waals surface area contributed by atoms with Gasteiger partial charge in [-0.15, -0.1) is 0 Å². The maximum absolute atomic E-state index is 11.7. The molecule has 0 aromatic carbocycles. The highest BCUT2D eigenvalue weighted by molar-refractivity contribution is 5.93. The lowest BCUT2D eigenvalue weighted by atomic mass is 10.0. The second-order valence-electron chi connectivity index (χ2n) is 3.58. The molecule has 0 spiro atoms. The summed E-state index contributed by atoms with van der Waals surface area (Å²) in [4.78, 5) is 19.6. The second kappa shape index (κ2) is 4.84. The maximum Gasteiger partial charge on any atom is 0.242 e. The molecule has 0 aliphatic carbocycles. The number of nitrogens with one attached hydrogen (secondary N) is 2. The fourth-order valence-corrected chi connectivity index (χ4v) is 1.65. The van der Waals surface area contributed by atoms with Crippen molar-refractivity contribution in [2.24, 2.45) is 0 Å². The van der Waals surface area contributed by atoms with Gasteiger partial charge in [-0.3, -0.25) is 9.78 Å². The van der Waals surface area contributed by atoms with Crippen LogP contribution >= 0.6 is 0 Å². The fourth-order valence-electron chi connectivity index (χ4n) is 1.65. The number of piperidine rings is 1. The van der Waals surface area contributed by atoms with E-state index in [1.165, 1.54) is 0 Å². The Bertz CT molecular complexity index is 321. The van der Waals surface area contributed by atoms with Crippen LogP contribution in [0.3, 0.4) is 0 Å². The van der Waals surface area contributed by atoms with E-state index in [0.717, 1.165) is 25.8 Å². The van der Waals surface area contributed by atoms with E-state index in [0.29, 0.717) is 5.82 Å². The van der Waals surface area contributed by atoms with E-state index >= 15 is 0 Å². The topological polar surface area (TPSA) is 66.9 Å². The molecular formula is C10H14N4O. The molecule has 0 radical (unpaired) electrons. The van der Waals surface area contributed by atoms with Crippen molar-refractivity contribution in [1.29, 1.82) is 0 Å². The van der Waals surface area contributed by atoms with E-state index in [1.54, 1.807) is 18.6 Å². The molecule has 0 bridgehead atoms. The lowest BCUT2D eigenvalue weighted by Crippen LogP contribution is -2.43. The Morgan fingerprint density at radius 3 is 3.07 bits per heavy atom. The third-order valence-corrected chi connectivity index (χ3v) is 2.44. The van der Waals surface area contributed by atoms with Crippen LogP contribution in [0.4, 0.5) is 5.82 Å². The van der Waals surface area contributed by atoms with Crippen molar-refractivity contribution in [3.63, 3.8) is 0 Å². The lowest BCUT2D eigenvalue weighted by molar-refractivity contribution is -0.118. The largest absolute Gasteiger partial charge is 0.308 e. The zero-order chi connectivity index (χ0) is 10.5. The molecule has 0 unspecified atom stereocenters. The molecule has 0 saturated carbocycles. The number of carbonyl (C=O) groups excluding carboxylic acids is 1. The Morgan fingerprint density at radius 2 is 2.40 bits per heavy atom. The van der Waals surface area contributed by atoms with Gasteiger partial charge in [0.1, 0.15) is 0 Å². The average Bonchev–Trinajstić information content (AvgIpc) is 2.31. The predicted molar refractivity (Wildman–Crippen MR) is 56.3 cm³/mol. The van der Waals surface area contributed by atoms with Crippen LogP contribution in [0.5, 0.6) is 0 Å². The predicted octanol–water partition coefficient (Wildman–Crippen LogP) is 0.557. The van der Waals surface area contributed by atoms with E-state index in [4.69, 9.17) is 0 Å². The van der Waals surface area contributed by atoms with Gasteiger partial charge in [0.2, 0.25) is 5.91 Å². The molecule has 80 valence electrons. The van der Waals surface area contributed by atoms with Gasteiger partial charge in [-0.25, -0.2) is 4.98 Å². The SMILES string of the molecule is O=C(Nc1cnccn1)[C@@H]1CCCCN1. The first-order valence-electron chi connectivity index (χ1n) is 5.16. The first kappa shape index (κ1) is 10.0. The smallest absolute Gasteiger partial charge is 0.242 e. The van der Waals surface area contributed by atoms with E-state index in [2.05, 4.69) is 20.6 Å². The molecule has 1 fully saturated rings. The van der Waals surface area contributed by atoms with Crippen LogP contribution in [0, 0.1) is 0 Å². The quantitative estimate of drug-likeness (QED) is 0.742. The summed E-state index contributed by atoms with van der Waals surface area (Å²) in [6.45, 7) is 0.915. The van der Waals surface area contributed by atoms with Gasteiger partial charge in [0.15, 0.2) is 5.82 Å². The monoisotopic (exact) mass is 206 g/mol. The third-order valence-electron chi connectivity index (χ3n) is 2.44. The molecule has 1 saturated heterocycles. The van der Waals surface area contributed by atoms with Gasteiger partial charge in [-0.1, -0.05) is 6.42 Å². The molecular weight excluding hydrogens is 192 g/mol. The van der Waals surface area contributed by atoms with Gasteiger partial charge >= 0.3 is 0 Å². The Labute approximate surface area is 88.3 Å². The van der Waals surface area contributed by atoms with Crippen molar-refractivity contribution in [2.75, 3.05) is 11.9 Å². The minimum atomic E-state index is -0.0826. The van der Waals surface area contributed by atoms with Crippen molar-refractivity contribution in [2.45, 2.75) is 25.3 Å². The van der Waals surface area contributed by atoms with Gasteiger partial charge in [0, 0.05) is 12.4 Å². The molecule has 1 aromatic heterocycles. The highest BCUT2D eigenvalue weighted by atomic mass is 16.2. The van der Waals surface area contributed by atoms with Gasteiger partial charge in [-0.05, 0) is 19.4 Å². The Hall–Kier alpha value is -1.49. The van der Waals surface area contributed by atoms with Gasteiger partial charge in [-0.2, -0.15) is 0 Å². The molecule has 15 heavy (non-hydrogen) atoms. The zero-order valence-electron chi connectivity index (χ0n) is 8.44. The summed E-state index contributed by atoms with van der Waals surface area (Å²) in [6.07, 6.45) is 7.83. The number of nitrogens with zero attached hydrogens (tertiary/aromatic N) is 2. The highest BCUT2D eigenvalue weighted by Crippen LogP contribution is 2.08. The standard InChI is InChI=1S/C10H14N4O/c15-10(8-3-1-2-4-12-8)14-9-7-11-5-6-13-9/h5-8,12H,1-4H2,(H,13,14,15)/t8-/m0/s1. The minimum absolute atomic E-state index is 0.0183. The summed E-state index contributed by atoms with van der Waals surface area (Å²) in [5.41, 5.74) is 0. The number of hydrogen-bond donors (Lipinski definition) is 2. The molecule has 5 nitrogen and oxygen atoms in total. The molecule has 2 N–H and O–H groups in total. The van der Waals surface area contributed by atoms with Crippen LogP contribution in [0.1, 0.15) is 19.3 Å². The van der Waals surface area contributed by atoms with E-state index in [9.17, 15) is 4.79 Å². The molecule has 1 atom stereocenters. The van der Waals surface area contributed by atoms with Crippen molar-refractivity contribution in [3.05, 3.63) is 18.6 Å². The lowest BCUT2D eigenvalue weighted by Gasteiger charge is -2.22. The number of anilines is 1. The van der Waals surface area contributed by atoms with Crippen molar-refractivity contribution in [1.82, 2.24) is 15.3 Å². The Morgan fingerprint density at radius 1 is 1.47 bits per heavy atom. The average molecular weight is 206 g/mol. The van der Waals surface area contributed by atoms with E-state index < -0.39 is 0 Å².